The second kappa shape index (κ2) is 9.71. The summed E-state index contributed by atoms with van der Waals surface area (Å²) < 4.78 is 12.3. The number of para-hydroxylation sites is 1. The largest absolute Gasteiger partial charge is 0.489 e. The third-order valence-electron chi connectivity index (χ3n) is 5.88. The molecule has 32 heavy (non-hydrogen) atoms. The minimum absolute atomic E-state index is 0.105. The number of hydrogen-bond acceptors (Lipinski definition) is 3. The van der Waals surface area contributed by atoms with Crippen LogP contribution in [0.25, 0.3) is 0 Å². The van der Waals surface area contributed by atoms with E-state index in [-0.39, 0.29) is 6.04 Å². The van der Waals surface area contributed by atoms with Crippen molar-refractivity contribution in [2.24, 2.45) is 0 Å². The summed E-state index contributed by atoms with van der Waals surface area (Å²) in [5.74, 6) is 1.84. The Bertz CT molecular complexity index is 1160. The Balaban J connectivity index is 1.35. The molecule has 0 saturated carbocycles. The molecule has 0 spiro atoms. The van der Waals surface area contributed by atoms with Gasteiger partial charge in [0.25, 0.3) is 0 Å². The van der Waals surface area contributed by atoms with E-state index in [1.54, 1.807) is 0 Å². The quantitative estimate of drug-likeness (QED) is 0.392. The smallest absolute Gasteiger partial charge is 0.124 e. The molecule has 3 nitrogen and oxygen atoms in total. The van der Waals surface area contributed by atoms with Crippen LogP contribution in [0.2, 0.25) is 0 Å². The van der Waals surface area contributed by atoms with Crippen molar-refractivity contribution in [1.29, 1.82) is 0 Å². The van der Waals surface area contributed by atoms with Gasteiger partial charge in [-0.25, -0.2) is 0 Å². The minimum Gasteiger partial charge on any atom is -0.489 e. The van der Waals surface area contributed by atoms with Crippen LogP contribution in [0.3, 0.4) is 0 Å². The van der Waals surface area contributed by atoms with Gasteiger partial charge in [-0.15, -0.1) is 0 Å². The Labute approximate surface area is 189 Å². The van der Waals surface area contributed by atoms with Crippen LogP contribution < -0.4 is 14.8 Å². The van der Waals surface area contributed by atoms with E-state index in [1.165, 1.54) is 27.8 Å². The number of fused-ring (bicyclic) bond motifs is 1. The van der Waals surface area contributed by atoms with Crippen molar-refractivity contribution >= 4 is 0 Å². The zero-order chi connectivity index (χ0) is 21.6. The van der Waals surface area contributed by atoms with Gasteiger partial charge >= 0.3 is 0 Å². The highest BCUT2D eigenvalue weighted by atomic mass is 16.5. The van der Waals surface area contributed by atoms with Crippen molar-refractivity contribution < 1.29 is 9.47 Å². The predicted octanol–water partition coefficient (Wildman–Crippen LogP) is 6.08. The molecule has 0 radical (unpaired) electrons. The Morgan fingerprint density at radius 3 is 2.06 bits per heavy atom. The molecule has 1 N–H and O–H groups in total. The minimum atomic E-state index is 0.105. The highest BCUT2D eigenvalue weighted by molar-refractivity contribution is 5.47. The van der Waals surface area contributed by atoms with E-state index in [4.69, 9.17) is 9.47 Å². The number of rotatable bonds is 7. The zero-order valence-corrected chi connectivity index (χ0v) is 18.0. The molecule has 1 unspecified atom stereocenters. The fraction of sp³-hybridized carbons (Fsp3) is 0.172. The fourth-order valence-electron chi connectivity index (χ4n) is 4.24. The number of ether oxygens (including phenoxy) is 2. The summed E-state index contributed by atoms with van der Waals surface area (Å²) in [7, 11) is 0. The molecule has 1 aliphatic rings. The van der Waals surface area contributed by atoms with Crippen LogP contribution >= 0.6 is 0 Å². The molecule has 5 rings (SSSR count). The van der Waals surface area contributed by atoms with E-state index in [2.05, 4.69) is 66.0 Å². The van der Waals surface area contributed by atoms with Crippen molar-refractivity contribution in [1.82, 2.24) is 5.32 Å². The van der Waals surface area contributed by atoms with Gasteiger partial charge in [0.05, 0.1) is 6.04 Å². The van der Waals surface area contributed by atoms with Crippen molar-refractivity contribution in [2.45, 2.75) is 25.7 Å². The average Bonchev–Trinajstić information content (AvgIpc) is 2.87. The summed E-state index contributed by atoms with van der Waals surface area (Å²) in [5, 5.41) is 3.69. The molecule has 0 amide bonds. The molecule has 4 aromatic carbocycles. The average molecular weight is 422 g/mol. The monoisotopic (exact) mass is 421 g/mol. The lowest BCUT2D eigenvalue weighted by Gasteiger charge is -2.29. The van der Waals surface area contributed by atoms with Crippen LogP contribution in [-0.2, 0) is 19.6 Å². The van der Waals surface area contributed by atoms with Crippen molar-refractivity contribution in [2.75, 3.05) is 6.54 Å². The highest BCUT2D eigenvalue weighted by Crippen LogP contribution is 2.35. The van der Waals surface area contributed by atoms with Gasteiger partial charge < -0.3 is 14.8 Å². The third-order valence-corrected chi connectivity index (χ3v) is 5.88. The summed E-state index contributed by atoms with van der Waals surface area (Å²) in [6.45, 7) is 2.06. The molecule has 0 fully saturated rings. The second-order valence-electron chi connectivity index (χ2n) is 8.08. The fourth-order valence-corrected chi connectivity index (χ4v) is 4.24. The van der Waals surface area contributed by atoms with Gasteiger partial charge in [-0.3, -0.25) is 0 Å². The number of nitrogens with one attached hydrogen (secondary N) is 1. The molecule has 0 saturated heterocycles. The molecular weight excluding hydrogens is 394 g/mol. The lowest BCUT2D eigenvalue weighted by molar-refractivity contribution is 0.299. The third kappa shape index (κ3) is 4.68. The Hall–Kier alpha value is -3.56. The van der Waals surface area contributed by atoms with E-state index in [9.17, 15) is 0 Å². The summed E-state index contributed by atoms with van der Waals surface area (Å²) >= 11 is 0. The second-order valence-corrected chi connectivity index (χ2v) is 8.08. The molecule has 4 aromatic rings. The van der Waals surface area contributed by atoms with Crippen molar-refractivity contribution in [3.8, 4) is 11.5 Å². The molecule has 160 valence electrons. The van der Waals surface area contributed by atoms with Crippen LogP contribution in [0.4, 0.5) is 0 Å². The first kappa shape index (κ1) is 20.3. The van der Waals surface area contributed by atoms with E-state index in [1.807, 2.05) is 42.5 Å². The predicted molar refractivity (Wildman–Crippen MR) is 128 cm³/mol. The van der Waals surface area contributed by atoms with Crippen LogP contribution in [-0.4, -0.2) is 6.54 Å². The van der Waals surface area contributed by atoms with Crippen molar-refractivity contribution in [3.05, 3.63) is 131 Å². The van der Waals surface area contributed by atoms with Gasteiger partial charge in [-0.2, -0.15) is 0 Å². The van der Waals surface area contributed by atoms with E-state index in [0.29, 0.717) is 13.2 Å². The summed E-state index contributed by atoms with van der Waals surface area (Å²) in [5.41, 5.74) is 6.13. The van der Waals surface area contributed by atoms with Crippen molar-refractivity contribution in [3.63, 3.8) is 0 Å². The van der Waals surface area contributed by atoms with Gasteiger partial charge in [-0.05, 0) is 46.9 Å². The standard InChI is InChI=1S/C29H27NO2/c1-3-9-22(10-4-1)20-31-25-15-16-26-24(19-25)17-18-30-29(26)27-13-7-8-14-28(27)32-21-23-11-5-2-6-12-23/h1-16,19,29-30H,17-18,20-21H2. The van der Waals surface area contributed by atoms with Crippen LogP contribution in [0.5, 0.6) is 11.5 Å². The van der Waals surface area contributed by atoms with E-state index >= 15 is 0 Å². The lowest BCUT2D eigenvalue weighted by atomic mass is 9.89. The van der Waals surface area contributed by atoms with Crippen LogP contribution in [0.1, 0.15) is 33.9 Å². The first-order valence-electron chi connectivity index (χ1n) is 11.2. The van der Waals surface area contributed by atoms with Gasteiger partial charge in [-0.1, -0.05) is 84.9 Å². The molecule has 0 aromatic heterocycles. The van der Waals surface area contributed by atoms with E-state index < -0.39 is 0 Å². The Kier molecular flexibility index (Phi) is 6.18. The van der Waals surface area contributed by atoms with E-state index in [0.717, 1.165) is 24.5 Å². The maximum absolute atomic E-state index is 6.24. The Morgan fingerprint density at radius 1 is 0.656 bits per heavy atom. The summed E-state index contributed by atoms with van der Waals surface area (Å²) in [4.78, 5) is 0. The molecule has 1 atom stereocenters. The summed E-state index contributed by atoms with van der Waals surface area (Å²) in [6, 6.07) is 35.5. The molecule has 0 bridgehead atoms. The molecule has 3 heteroatoms. The SMILES string of the molecule is c1ccc(COc2ccc3c(c2)CCNC3c2ccccc2OCc2ccccc2)cc1. The normalized spacial score (nSPS) is 15.1. The number of hydrogen-bond donors (Lipinski definition) is 1. The molecular formula is C29H27NO2. The maximum atomic E-state index is 6.24. The van der Waals surface area contributed by atoms with Gasteiger partial charge in [0.1, 0.15) is 24.7 Å². The first-order valence-corrected chi connectivity index (χ1v) is 11.2. The molecule has 0 aliphatic carbocycles. The lowest BCUT2D eigenvalue weighted by Crippen LogP contribution is -2.30. The van der Waals surface area contributed by atoms with Gasteiger partial charge in [0, 0.05) is 12.1 Å². The van der Waals surface area contributed by atoms with Crippen LogP contribution in [0, 0.1) is 0 Å². The van der Waals surface area contributed by atoms with Gasteiger partial charge in [0.2, 0.25) is 0 Å². The Morgan fingerprint density at radius 2 is 1.31 bits per heavy atom. The molecule has 1 aliphatic heterocycles. The van der Waals surface area contributed by atoms with Gasteiger partial charge in [0.15, 0.2) is 0 Å². The topological polar surface area (TPSA) is 30.5 Å². The number of benzene rings is 4. The highest BCUT2D eigenvalue weighted by Gasteiger charge is 2.24. The molecule has 1 heterocycles. The summed E-state index contributed by atoms with van der Waals surface area (Å²) in [6.07, 6.45) is 0.988. The maximum Gasteiger partial charge on any atom is 0.124 e. The first-order chi connectivity index (χ1) is 15.9. The zero-order valence-electron chi connectivity index (χ0n) is 18.0. The van der Waals surface area contributed by atoms with Crippen LogP contribution in [0.15, 0.2) is 103 Å².